The lowest BCUT2D eigenvalue weighted by atomic mass is 10.0. The minimum atomic E-state index is 0.572. The van der Waals surface area contributed by atoms with Crippen LogP contribution in [0.4, 0.5) is 0 Å². The third-order valence-electron chi connectivity index (χ3n) is 3.18. The molecule has 0 spiro atoms. The summed E-state index contributed by atoms with van der Waals surface area (Å²) in [6.07, 6.45) is 10.5. The number of nitrogens with one attached hydrogen (secondary N) is 1. The molecule has 0 aliphatic carbocycles. The normalized spacial score (nSPS) is 23.2. The van der Waals surface area contributed by atoms with E-state index in [0.29, 0.717) is 12.1 Å². The molecule has 15 heavy (non-hydrogen) atoms. The topological polar surface area (TPSA) is 21.3 Å². The first kappa shape index (κ1) is 13.3. The van der Waals surface area contributed by atoms with Crippen LogP contribution < -0.4 is 5.32 Å². The van der Waals surface area contributed by atoms with E-state index in [9.17, 15) is 0 Å². The Hall–Kier alpha value is 0.270. The fourth-order valence-corrected chi connectivity index (χ4v) is 2.68. The minimum Gasteiger partial charge on any atom is -0.378 e. The molecule has 2 nitrogen and oxygen atoms in total. The maximum absolute atomic E-state index is 5.63. The second kappa shape index (κ2) is 8.43. The van der Waals surface area contributed by atoms with Crippen LogP contribution in [0.1, 0.15) is 38.5 Å². The van der Waals surface area contributed by atoms with Gasteiger partial charge < -0.3 is 10.1 Å². The Bertz CT molecular complexity index is 149. The van der Waals surface area contributed by atoms with Gasteiger partial charge in [-0.25, -0.2) is 0 Å². The van der Waals surface area contributed by atoms with Crippen molar-refractivity contribution in [2.24, 2.45) is 0 Å². The molecule has 0 amide bonds. The van der Waals surface area contributed by atoms with Crippen LogP contribution in [-0.4, -0.2) is 37.8 Å². The molecule has 0 radical (unpaired) electrons. The lowest BCUT2D eigenvalue weighted by Crippen LogP contribution is -2.26. The van der Waals surface area contributed by atoms with Crippen LogP contribution in [0.25, 0.3) is 0 Å². The quantitative estimate of drug-likeness (QED) is 0.694. The Morgan fingerprint density at radius 3 is 2.93 bits per heavy atom. The largest absolute Gasteiger partial charge is 0.378 e. The minimum absolute atomic E-state index is 0.572. The van der Waals surface area contributed by atoms with Gasteiger partial charge in [0.15, 0.2) is 0 Å². The van der Waals surface area contributed by atoms with Crippen LogP contribution in [0.3, 0.4) is 0 Å². The van der Waals surface area contributed by atoms with E-state index >= 15 is 0 Å². The van der Waals surface area contributed by atoms with E-state index in [-0.39, 0.29) is 0 Å². The number of thioether (sulfide) groups is 1. The molecule has 1 fully saturated rings. The van der Waals surface area contributed by atoms with Gasteiger partial charge >= 0.3 is 0 Å². The van der Waals surface area contributed by atoms with Crippen LogP contribution in [0, 0.1) is 0 Å². The molecule has 1 aliphatic rings. The summed E-state index contributed by atoms with van der Waals surface area (Å²) >= 11 is 1.94. The van der Waals surface area contributed by atoms with Crippen molar-refractivity contribution in [2.75, 3.05) is 25.7 Å². The maximum Gasteiger partial charge on any atom is 0.0576 e. The maximum atomic E-state index is 5.63. The lowest BCUT2D eigenvalue weighted by Gasteiger charge is -2.16. The van der Waals surface area contributed by atoms with E-state index < -0.39 is 0 Å². The second-order valence-corrected chi connectivity index (χ2v) is 5.32. The third kappa shape index (κ3) is 5.79. The molecule has 2 unspecified atom stereocenters. The van der Waals surface area contributed by atoms with Crippen molar-refractivity contribution in [3.63, 3.8) is 0 Å². The number of ether oxygens (including phenoxy) is 1. The summed E-state index contributed by atoms with van der Waals surface area (Å²) in [6, 6.07) is 0.707. The Kier molecular flexibility index (Phi) is 7.49. The first-order valence-corrected chi connectivity index (χ1v) is 7.54. The van der Waals surface area contributed by atoms with Gasteiger partial charge in [0.25, 0.3) is 0 Å². The van der Waals surface area contributed by atoms with E-state index in [4.69, 9.17) is 4.74 Å². The Labute approximate surface area is 98.5 Å². The van der Waals surface area contributed by atoms with Gasteiger partial charge in [-0.2, -0.15) is 11.8 Å². The molecule has 0 aromatic carbocycles. The molecule has 0 aromatic heterocycles. The molecule has 1 rings (SSSR count). The average molecular weight is 231 g/mol. The van der Waals surface area contributed by atoms with Gasteiger partial charge in [0, 0.05) is 12.6 Å². The van der Waals surface area contributed by atoms with Crippen molar-refractivity contribution >= 4 is 11.8 Å². The van der Waals surface area contributed by atoms with Crippen molar-refractivity contribution in [1.82, 2.24) is 5.32 Å². The molecule has 3 heteroatoms. The fourth-order valence-electron chi connectivity index (χ4n) is 2.16. The standard InChI is InChI=1S/C12H25NOS/c1-13-11(8-10-15-2)5-3-6-12-7-4-9-14-12/h11-13H,3-10H2,1-2H3. The molecular formula is C12H25NOS. The van der Waals surface area contributed by atoms with Crippen LogP contribution in [0.15, 0.2) is 0 Å². The highest BCUT2D eigenvalue weighted by Gasteiger charge is 2.15. The molecule has 90 valence electrons. The predicted molar refractivity (Wildman–Crippen MR) is 68.7 cm³/mol. The van der Waals surface area contributed by atoms with E-state index in [2.05, 4.69) is 18.6 Å². The highest BCUT2D eigenvalue weighted by molar-refractivity contribution is 7.98. The molecule has 2 atom stereocenters. The van der Waals surface area contributed by atoms with Crippen LogP contribution >= 0.6 is 11.8 Å². The molecule has 0 aromatic rings. The number of rotatable bonds is 8. The van der Waals surface area contributed by atoms with E-state index in [0.717, 1.165) is 6.61 Å². The fraction of sp³-hybridized carbons (Fsp3) is 1.00. The van der Waals surface area contributed by atoms with Gasteiger partial charge in [-0.1, -0.05) is 0 Å². The molecule has 1 N–H and O–H groups in total. The van der Waals surface area contributed by atoms with Gasteiger partial charge in [-0.15, -0.1) is 0 Å². The zero-order chi connectivity index (χ0) is 10.9. The number of hydrogen-bond donors (Lipinski definition) is 1. The zero-order valence-corrected chi connectivity index (χ0v) is 10.9. The molecule has 1 heterocycles. The summed E-state index contributed by atoms with van der Waals surface area (Å²) in [5, 5.41) is 3.41. The summed E-state index contributed by atoms with van der Waals surface area (Å²) in [5.41, 5.74) is 0. The van der Waals surface area contributed by atoms with Crippen LogP contribution in [0.5, 0.6) is 0 Å². The molecule has 1 aliphatic heterocycles. The van der Waals surface area contributed by atoms with Gasteiger partial charge in [0.2, 0.25) is 0 Å². The summed E-state index contributed by atoms with van der Waals surface area (Å²) in [4.78, 5) is 0. The van der Waals surface area contributed by atoms with Gasteiger partial charge in [-0.3, -0.25) is 0 Å². The molecule has 1 saturated heterocycles. The van der Waals surface area contributed by atoms with Crippen molar-refractivity contribution in [3.8, 4) is 0 Å². The molecule has 0 bridgehead atoms. The Morgan fingerprint density at radius 1 is 1.47 bits per heavy atom. The second-order valence-electron chi connectivity index (χ2n) is 4.33. The third-order valence-corrected chi connectivity index (χ3v) is 3.83. The van der Waals surface area contributed by atoms with Gasteiger partial charge in [0.1, 0.15) is 0 Å². The van der Waals surface area contributed by atoms with Crippen LogP contribution in [0.2, 0.25) is 0 Å². The summed E-state index contributed by atoms with van der Waals surface area (Å²) in [5.74, 6) is 1.27. The first-order valence-electron chi connectivity index (χ1n) is 6.14. The Balaban J connectivity index is 2.00. The SMILES string of the molecule is CNC(CCCC1CCCO1)CCSC. The average Bonchev–Trinajstić information content (AvgIpc) is 2.76. The van der Waals surface area contributed by atoms with Crippen molar-refractivity contribution in [1.29, 1.82) is 0 Å². The van der Waals surface area contributed by atoms with Gasteiger partial charge in [0.05, 0.1) is 6.10 Å². The van der Waals surface area contributed by atoms with Crippen molar-refractivity contribution < 1.29 is 4.74 Å². The lowest BCUT2D eigenvalue weighted by molar-refractivity contribution is 0.101. The van der Waals surface area contributed by atoms with Crippen LogP contribution in [-0.2, 0) is 4.74 Å². The van der Waals surface area contributed by atoms with E-state index in [1.54, 1.807) is 0 Å². The molecule has 0 saturated carbocycles. The predicted octanol–water partition coefficient (Wildman–Crippen LogP) is 2.68. The Morgan fingerprint density at radius 2 is 2.33 bits per heavy atom. The summed E-state index contributed by atoms with van der Waals surface area (Å²) in [6.45, 7) is 0.993. The van der Waals surface area contributed by atoms with Gasteiger partial charge in [-0.05, 0) is 57.6 Å². The number of hydrogen-bond acceptors (Lipinski definition) is 3. The monoisotopic (exact) mass is 231 g/mol. The summed E-state index contributed by atoms with van der Waals surface area (Å²) < 4.78 is 5.63. The first-order chi connectivity index (χ1) is 7.36. The zero-order valence-electron chi connectivity index (χ0n) is 10.1. The smallest absolute Gasteiger partial charge is 0.0576 e. The molecular weight excluding hydrogens is 206 g/mol. The van der Waals surface area contributed by atoms with Crippen molar-refractivity contribution in [2.45, 2.75) is 50.7 Å². The summed E-state index contributed by atoms with van der Waals surface area (Å²) in [7, 11) is 2.08. The van der Waals surface area contributed by atoms with Crippen molar-refractivity contribution in [3.05, 3.63) is 0 Å². The van der Waals surface area contributed by atoms with E-state index in [1.807, 2.05) is 11.8 Å². The highest BCUT2D eigenvalue weighted by atomic mass is 32.2. The van der Waals surface area contributed by atoms with E-state index in [1.165, 1.54) is 44.3 Å². The highest BCUT2D eigenvalue weighted by Crippen LogP contribution is 2.18.